The molecule has 1 heterocycles. The van der Waals surface area contributed by atoms with Crippen molar-refractivity contribution in [2.75, 3.05) is 12.9 Å². The van der Waals surface area contributed by atoms with Gasteiger partial charge in [-0.3, -0.25) is 4.18 Å². The van der Waals surface area contributed by atoms with Gasteiger partial charge in [0.15, 0.2) is 6.10 Å². The molecule has 1 saturated heterocycles. The molecule has 10 heteroatoms. The van der Waals surface area contributed by atoms with Crippen molar-refractivity contribution < 1.29 is 40.0 Å². The van der Waals surface area contributed by atoms with Crippen LogP contribution < -0.4 is 0 Å². The number of carbonyl (C=O) groups is 1. The van der Waals surface area contributed by atoms with Gasteiger partial charge in [0.2, 0.25) is 6.10 Å². The fourth-order valence-electron chi connectivity index (χ4n) is 1.08. The van der Waals surface area contributed by atoms with Crippen molar-refractivity contribution in [2.45, 2.75) is 18.4 Å². The van der Waals surface area contributed by atoms with E-state index in [2.05, 4.69) is 13.7 Å². The van der Waals surface area contributed by atoms with Crippen molar-refractivity contribution in [3.8, 4) is 0 Å². The van der Waals surface area contributed by atoms with E-state index in [4.69, 9.17) is 0 Å². The summed E-state index contributed by atoms with van der Waals surface area (Å²) >= 11 is 0. The first-order valence-electron chi connectivity index (χ1n) is 3.88. The summed E-state index contributed by atoms with van der Waals surface area (Å²) in [6.45, 7) is 0. The lowest BCUT2D eigenvalue weighted by Crippen LogP contribution is -2.40. The van der Waals surface area contributed by atoms with Crippen LogP contribution in [0.3, 0.4) is 0 Å². The van der Waals surface area contributed by atoms with Crippen LogP contribution in [0.4, 0.5) is 18.0 Å². The predicted octanol–water partition coefficient (Wildman–Crippen LogP) is 0.429. The zero-order valence-electron chi connectivity index (χ0n) is 7.85. The summed E-state index contributed by atoms with van der Waals surface area (Å²) in [6, 6.07) is 0. The summed E-state index contributed by atoms with van der Waals surface area (Å²) in [7, 11) is -3.45. The maximum Gasteiger partial charge on any atom is 0.508 e. The molecule has 0 spiro atoms. The van der Waals surface area contributed by atoms with E-state index >= 15 is 0 Å². The molecule has 1 aliphatic heterocycles. The largest absolute Gasteiger partial charge is 0.508 e. The quantitative estimate of drug-likeness (QED) is 0.504. The Kier molecular flexibility index (Phi) is 3.33. The molecule has 0 radical (unpaired) electrons. The third-order valence-corrected chi connectivity index (χ3v) is 2.93. The average molecular weight is 264 g/mol. The van der Waals surface area contributed by atoms with Gasteiger partial charge < -0.3 is 9.47 Å². The van der Waals surface area contributed by atoms with Crippen molar-refractivity contribution in [3.63, 3.8) is 0 Å². The van der Waals surface area contributed by atoms with Crippen LogP contribution in [-0.4, -0.2) is 45.8 Å². The Hall–Kier alpha value is -1.03. The first-order chi connectivity index (χ1) is 7.15. The van der Waals surface area contributed by atoms with Crippen LogP contribution in [0.15, 0.2) is 0 Å². The second-order valence-corrected chi connectivity index (χ2v) is 4.53. The molecule has 0 aromatic rings. The van der Waals surface area contributed by atoms with Gasteiger partial charge in [0.25, 0.3) is 10.1 Å². The van der Waals surface area contributed by atoms with Gasteiger partial charge >= 0.3 is 12.3 Å². The number of hydrogen-bond donors (Lipinski definition) is 0. The summed E-state index contributed by atoms with van der Waals surface area (Å²) < 4.78 is 70.4. The normalized spacial score (nSPS) is 28.8. The van der Waals surface area contributed by atoms with Crippen molar-refractivity contribution in [1.82, 2.24) is 0 Å². The fourth-order valence-corrected chi connectivity index (χ4v) is 2.35. The topological polar surface area (TPSA) is 78.9 Å². The molecule has 0 aromatic carbocycles. The molecule has 0 aromatic heterocycles. The van der Waals surface area contributed by atoms with E-state index in [1.54, 1.807) is 0 Å². The molecule has 0 N–H and O–H groups in total. The molecule has 1 fully saturated rings. The number of ether oxygens (including phenoxy) is 2. The van der Waals surface area contributed by atoms with Crippen molar-refractivity contribution in [1.29, 1.82) is 0 Å². The van der Waals surface area contributed by atoms with E-state index in [1.165, 1.54) is 0 Å². The van der Waals surface area contributed by atoms with E-state index < -0.39 is 40.4 Å². The van der Waals surface area contributed by atoms with Crippen molar-refractivity contribution in [2.24, 2.45) is 0 Å². The molecular weight excluding hydrogens is 257 g/mol. The highest BCUT2D eigenvalue weighted by atomic mass is 32.2. The highest BCUT2D eigenvalue weighted by Gasteiger charge is 2.56. The minimum absolute atomic E-state index is 0.884. The molecule has 94 valence electrons. The molecule has 2 atom stereocenters. The molecule has 16 heavy (non-hydrogen) atoms. The minimum atomic E-state index is -4.94. The Morgan fingerprint density at radius 1 is 1.44 bits per heavy atom. The van der Waals surface area contributed by atoms with Crippen LogP contribution >= 0.6 is 0 Å². The highest BCUT2D eigenvalue weighted by molar-refractivity contribution is 7.87. The van der Waals surface area contributed by atoms with Crippen molar-refractivity contribution >= 4 is 16.3 Å². The summed E-state index contributed by atoms with van der Waals surface area (Å²) in [5.74, 6) is -1.05. The molecule has 0 bridgehead atoms. The lowest BCUT2D eigenvalue weighted by Gasteiger charge is -2.18. The van der Waals surface area contributed by atoms with Gasteiger partial charge in [-0.2, -0.15) is 21.6 Å². The zero-order chi connectivity index (χ0) is 12.6. The van der Waals surface area contributed by atoms with Gasteiger partial charge in [-0.1, -0.05) is 0 Å². The lowest BCUT2D eigenvalue weighted by molar-refractivity contribution is -0.211. The van der Waals surface area contributed by atoms with Gasteiger partial charge in [-0.25, -0.2) is 4.79 Å². The summed E-state index contributed by atoms with van der Waals surface area (Å²) in [4.78, 5) is 10.6. The number of carbonyl (C=O) groups excluding carboxylic acids is 1. The molecular formula is C6H7F3O6S. The Bertz CT molecular complexity index is 374. The van der Waals surface area contributed by atoms with E-state index in [0.717, 1.165) is 7.11 Å². The van der Waals surface area contributed by atoms with Crippen molar-refractivity contribution in [3.05, 3.63) is 0 Å². The van der Waals surface area contributed by atoms with Gasteiger partial charge in [-0.15, -0.1) is 0 Å². The maximum atomic E-state index is 12.3. The van der Waals surface area contributed by atoms with Crippen LogP contribution in [-0.2, 0) is 23.8 Å². The first kappa shape index (κ1) is 13.0. The molecule has 6 nitrogen and oxygen atoms in total. The smallest absolute Gasteiger partial charge is 0.438 e. The van der Waals surface area contributed by atoms with E-state index in [-0.39, 0.29) is 0 Å². The Labute approximate surface area is 88.4 Å². The van der Waals surface area contributed by atoms with Crippen LogP contribution in [0, 0.1) is 0 Å². The van der Waals surface area contributed by atoms with Crippen LogP contribution in [0.2, 0.25) is 0 Å². The molecule has 0 amide bonds. The Balaban J connectivity index is 2.85. The van der Waals surface area contributed by atoms with Gasteiger partial charge in [0.1, 0.15) is 5.75 Å². The minimum Gasteiger partial charge on any atom is -0.438 e. The van der Waals surface area contributed by atoms with Crippen LogP contribution in [0.25, 0.3) is 0 Å². The lowest BCUT2D eigenvalue weighted by atomic mass is 10.2. The van der Waals surface area contributed by atoms with Gasteiger partial charge in [0, 0.05) is 0 Å². The standard InChI is InChI=1S/C6H7F3O6S/c1-13-5(10)14-3-2-16(11,12)15-4(3)6(7,8)9/h3-4H,2H2,1H3. The van der Waals surface area contributed by atoms with E-state index in [1.807, 2.05) is 0 Å². The summed E-state index contributed by atoms with van der Waals surface area (Å²) in [6.07, 6.45) is -11.0. The number of methoxy groups -OCH3 is 1. The second-order valence-electron chi connectivity index (χ2n) is 2.89. The van der Waals surface area contributed by atoms with Crippen LogP contribution in [0.5, 0.6) is 0 Å². The second kappa shape index (κ2) is 4.09. The molecule has 1 aliphatic rings. The average Bonchev–Trinajstić information content (AvgIpc) is 2.40. The summed E-state index contributed by atoms with van der Waals surface area (Å²) in [5, 5.41) is 0. The predicted molar refractivity (Wildman–Crippen MR) is 42.0 cm³/mol. The molecule has 0 aliphatic carbocycles. The number of halogens is 3. The zero-order valence-corrected chi connectivity index (χ0v) is 8.67. The molecule has 1 rings (SSSR count). The monoisotopic (exact) mass is 264 g/mol. The third-order valence-electron chi connectivity index (χ3n) is 1.69. The number of hydrogen-bond acceptors (Lipinski definition) is 6. The van der Waals surface area contributed by atoms with Gasteiger partial charge in [-0.05, 0) is 0 Å². The Morgan fingerprint density at radius 3 is 2.44 bits per heavy atom. The fraction of sp³-hybridized carbons (Fsp3) is 0.833. The van der Waals surface area contributed by atoms with Gasteiger partial charge in [0.05, 0.1) is 7.11 Å². The number of alkyl halides is 3. The third kappa shape index (κ3) is 2.98. The SMILES string of the molecule is COC(=O)OC1CS(=O)(=O)OC1C(F)(F)F. The number of rotatable bonds is 1. The first-order valence-corrected chi connectivity index (χ1v) is 5.46. The van der Waals surface area contributed by atoms with Crippen LogP contribution in [0.1, 0.15) is 0 Å². The van der Waals surface area contributed by atoms with E-state index in [0.29, 0.717) is 0 Å². The molecule has 2 unspecified atom stereocenters. The summed E-state index contributed by atoms with van der Waals surface area (Å²) in [5.41, 5.74) is 0. The Morgan fingerprint density at radius 2 is 2.00 bits per heavy atom. The maximum absolute atomic E-state index is 12.3. The molecule has 0 saturated carbocycles. The van der Waals surface area contributed by atoms with E-state index in [9.17, 15) is 26.4 Å². The highest BCUT2D eigenvalue weighted by Crippen LogP contribution is 2.33.